The molecular weight excluding hydrogens is 865 g/mol. The quantitative estimate of drug-likeness (QED) is 0.230. The van der Waals surface area contributed by atoms with Gasteiger partial charge in [0, 0.05) is 0 Å². The van der Waals surface area contributed by atoms with Gasteiger partial charge in [0.25, 0.3) is 0 Å². The topological polar surface area (TPSA) is 0 Å². The summed E-state index contributed by atoms with van der Waals surface area (Å²) in [5.41, 5.74) is 34.8. The molecule has 48 fully saturated rings. The molecular formula is C72H54. The van der Waals surface area contributed by atoms with E-state index in [4.69, 9.17) is 0 Å². The minimum atomic E-state index is 0. The molecule has 0 aromatic heterocycles. The molecule has 0 aliphatic heterocycles. The Bertz CT molecular complexity index is 4660. The molecule has 61 unspecified atom stereocenters. The maximum atomic E-state index is 1.92. The zero-order valence-electron chi connectivity index (χ0n) is 39.9. The molecule has 0 heterocycles. The van der Waals surface area contributed by atoms with E-state index in [1.165, 1.54) is 178 Å². The Balaban J connectivity index is 0.000000117. The van der Waals surface area contributed by atoms with Crippen molar-refractivity contribution in [2.75, 3.05) is 0 Å². The van der Waals surface area contributed by atoms with Crippen molar-refractivity contribution >= 4 is 0 Å². The van der Waals surface area contributed by atoms with E-state index in [1.807, 2.05) is 32.1 Å². The molecule has 31 spiro atoms. The lowest BCUT2D eigenvalue weighted by Crippen LogP contribution is -3.69. The van der Waals surface area contributed by atoms with Crippen LogP contribution in [0.5, 0.6) is 0 Å². The van der Waals surface area contributed by atoms with E-state index >= 15 is 0 Å². The smallest absolute Gasteiger partial charge is 0.000350 e. The van der Waals surface area contributed by atoms with E-state index in [-0.39, 0.29) is 7.43 Å². The maximum absolute atomic E-state index is 1.92. The molecule has 0 bridgehead atoms. The van der Waals surface area contributed by atoms with Crippen molar-refractivity contribution in [1.29, 1.82) is 0 Å². The molecule has 0 aromatic rings. The summed E-state index contributed by atoms with van der Waals surface area (Å²) in [6, 6.07) is 0. The van der Waals surface area contributed by atoms with Gasteiger partial charge in [-0.25, -0.2) is 0 Å². The van der Waals surface area contributed by atoms with Crippen LogP contribution in [0, 0.1) is 345 Å². The summed E-state index contributed by atoms with van der Waals surface area (Å²) in [6.07, 6.45) is 17.8. The highest BCUT2D eigenvalue weighted by molar-refractivity contribution is 6.16. The van der Waals surface area contributed by atoms with Crippen LogP contribution in [0.3, 0.4) is 0 Å². The summed E-state index contributed by atoms with van der Waals surface area (Å²) in [4.78, 5) is 0. The average Bonchev–Trinajstić information content (AvgIpc) is 0.468. The third kappa shape index (κ3) is 0.645. The standard InChI is InChI=1S/C51H30.C20H20.CH4/c1-6-5-26-25-24-20-13-3-9-15-14-8-2-11-18-22-23-19-12-4-10-17-21-16-7(1)27(6,26)31(16)38(21)34(17)30(10,12)36(19)40(23)39(22)35(18)28(8,11)32(14)33(15)29(9,13)37(20)41(24)42(25)43(26,31)47(38)46(34,36)49(40)48(39)44(32,35)45(33,37)50(41,48)51(42,47)49;1-2-16-5-10-14-12-8-3-6-4-9-13-15-11(7(1)16)18(10,16)20(14,15)19(12,13)17(6,8)9;/h6-25H,1-5H2;6-15H,1-5H2;1H4. The van der Waals surface area contributed by atoms with Crippen LogP contribution in [-0.4, -0.2) is 0 Å². The van der Waals surface area contributed by atoms with Crippen molar-refractivity contribution in [3.63, 3.8) is 0 Å². The maximum Gasteiger partial charge on any atom is -0.000350 e. The van der Waals surface area contributed by atoms with Gasteiger partial charge in [-0.15, -0.1) is 0 Å². The summed E-state index contributed by atoms with van der Waals surface area (Å²) in [5.74, 6) is 41.1. The predicted octanol–water partition coefficient (Wildman–Crippen LogP) is 8.23. The third-order valence-corrected chi connectivity index (χ3v) is 59.0. The molecule has 342 valence electrons. The molecule has 48 rings (SSSR count). The molecule has 0 aromatic carbocycles. The summed E-state index contributed by atoms with van der Waals surface area (Å²) < 4.78 is 0. The van der Waals surface area contributed by atoms with Gasteiger partial charge < -0.3 is 0 Å². The van der Waals surface area contributed by atoms with E-state index in [2.05, 4.69) is 0 Å². The zero-order valence-corrected chi connectivity index (χ0v) is 39.9. The lowest BCUT2D eigenvalue weighted by molar-refractivity contribution is -1.25. The predicted molar refractivity (Wildman–Crippen MR) is 233 cm³/mol. The summed E-state index contributed by atoms with van der Waals surface area (Å²) >= 11 is 0. The van der Waals surface area contributed by atoms with Crippen molar-refractivity contribution in [3.05, 3.63) is 0 Å². The van der Waals surface area contributed by atoms with Crippen molar-refractivity contribution in [2.24, 2.45) is 345 Å². The second kappa shape index (κ2) is 4.25. The van der Waals surface area contributed by atoms with Crippen LogP contribution in [0.25, 0.3) is 0 Å². The molecule has 48 saturated carbocycles. The van der Waals surface area contributed by atoms with Crippen LogP contribution in [-0.2, 0) is 0 Å². The Morgan fingerprint density at radius 2 is 0.694 bits per heavy atom. The SMILES string of the molecule is C.C1C2CC34C5C6C7C8CC9C%10C%11C%12CC%13C%14C%15C%16C%17C%18CC%19C%20C%21C%22C1C23C%221C%212C%203C%19%18C%17%18C%16%17C%15%16C%14%15C%12%13C%11%12C%10%11C98C78C67C56C41C21C3%18C%172C%163C%12%15C%118C73C612.C1CC23CC4C5C6C7CC8CC9C%10C%11C(C12)C43C5%11C6%10C879. The van der Waals surface area contributed by atoms with E-state index in [1.54, 1.807) is 32.1 Å². The van der Waals surface area contributed by atoms with Gasteiger partial charge in [-0.05, 0) is 410 Å². The van der Waals surface area contributed by atoms with Crippen LogP contribution >= 0.6 is 0 Å². The first kappa shape index (κ1) is 26.5. The second-order valence-electron chi connectivity index (χ2n) is 44.9. The van der Waals surface area contributed by atoms with Gasteiger partial charge in [-0.3, -0.25) is 0 Å². The lowest BCUT2D eigenvalue weighted by Gasteiger charge is -3.69. The highest BCUT2D eigenvalue weighted by Crippen LogP contribution is 3.73. The number of fused-ring (bicyclic) bond motifs is 22. The molecule has 0 amide bonds. The van der Waals surface area contributed by atoms with Crippen molar-refractivity contribution in [1.82, 2.24) is 0 Å². The van der Waals surface area contributed by atoms with Crippen molar-refractivity contribution in [2.45, 2.75) is 71.6 Å². The number of rotatable bonds is 0. The van der Waals surface area contributed by atoms with Gasteiger partial charge in [0.05, 0.1) is 0 Å². The Labute approximate surface area is 414 Å². The first-order valence-corrected chi connectivity index (χ1v) is 35.2. The van der Waals surface area contributed by atoms with Crippen LogP contribution < -0.4 is 0 Å². The van der Waals surface area contributed by atoms with Gasteiger partial charge in [0.15, 0.2) is 0 Å². The highest BCUT2D eigenvalue weighted by atomic mass is 15.7. The first-order chi connectivity index (χ1) is 35.2. The molecule has 0 radical (unpaired) electrons. The van der Waals surface area contributed by atoms with E-state index in [0.717, 1.165) is 168 Å². The lowest BCUT2D eigenvalue weighted by atomic mass is 8.32. The largest absolute Gasteiger partial charge is 0.0776 e. The van der Waals surface area contributed by atoms with Gasteiger partial charge in [-0.2, -0.15) is 0 Å². The zero-order chi connectivity index (χ0) is 39.9. The Hall–Kier alpha value is 0. The fourth-order valence-electron chi connectivity index (χ4n) is 73.1. The van der Waals surface area contributed by atoms with Crippen LogP contribution in [0.15, 0.2) is 0 Å². The Morgan fingerprint density at radius 3 is 1.29 bits per heavy atom. The Kier molecular flexibility index (Phi) is 1.57. The van der Waals surface area contributed by atoms with Crippen LogP contribution in [0.2, 0.25) is 0 Å². The van der Waals surface area contributed by atoms with Gasteiger partial charge in [-0.1, -0.05) is 7.43 Å². The van der Waals surface area contributed by atoms with E-state index < -0.39 is 0 Å². The molecule has 0 heteroatoms. The molecule has 0 saturated heterocycles. The third-order valence-electron chi connectivity index (χ3n) is 59.0. The summed E-state index contributed by atoms with van der Waals surface area (Å²) in [5, 5.41) is 0. The van der Waals surface area contributed by atoms with Crippen LogP contribution in [0.1, 0.15) is 71.6 Å². The number of hydrogen-bond donors (Lipinski definition) is 0. The first-order valence-electron chi connectivity index (χ1n) is 35.2. The minimum Gasteiger partial charge on any atom is -0.0776 e. The highest BCUT2D eigenvalue weighted by Gasteiger charge is 3.72. The molecule has 48 aliphatic carbocycles. The fourth-order valence-corrected chi connectivity index (χ4v) is 73.1. The normalized spacial score (nSPS) is 131. The Morgan fingerprint density at radius 1 is 0.250 bits per heavy atom. The average molecular weight is 919 g/mol. The van der Waals surface area contributed by atoms with Crippen molar-refractivity contribution in [3.8, 4) is 0 Å². The van der Waals surface area contributed by atoms with E-state index in [0.29, 0.717) is 0 Å². The summed E-state index contributed by atoms with van der Waals surface area (Å²) in [7, 11) is 0. The van der Waals surface area contributed by atoms with Crippen LogP contribution in [0.4, 0.5) is 0 Å². The molecule has 0 N–H and O–H groups in total. The van der Waals surface area contributed by atoms with Gasteiger partial charge >= 0.3 is 0 Å². The molecule has 48 aliphatic rings. The molecule has 0 nitrogen and oxygen atoms in total. The monoisotopic (exact) mass is 918 g/mol. The van der Waals surface area contributed by atoms with E-state index in [9.17, 15) is 0 Å². The number of hydrogen-bond acceptors (Lipinski definition) is 0. The summed E-state index contributed by atoms with van der Waals surface area (Å²) in [6.45, 7) is 0. The fraction of sp³-hybridized carbons (Fsp3) is 1.00. The minimum absolute atomic E-state index is 0. The van der Waals surface area contributed by atoms with Gasteiger partial charge in [0.2, 0.25) is 0 Å². The second-order valence-corrected chi connectivity index (χ2v) is 44.9. The molecule has 72 heavy (non-hydrogen) atoms. The molecule has 61 atom stereocenters. The van der Waals surface area contributed by atoms with Gasteiger partial charge in [0.1, 0.15) is 0 Å². The van der Waals surface area contributed by atoms with Crippen molar-refractivity contribution < 1.29 is 0 Å².